The SMILES string of the molecule is O=C(O)C[C@@]1(c2ccccc2)CC(=O)c2ccccc21. The van der Waals surface area contributed by atoms with E-state index < -0.39 is 11.4 Å². The fourth-order valence-electron chi connectivity index (χ4n) is 3.14. The molecule has 1 atom stereocenters. The van der Waals surface area contributed by atoms with Gasteiger partial charge in [0.2, 0.25) is 0 Å². The third-order valence-corrected chi connectivity index (χ3v) is 3.98. The summed E-state index contributed by atoms with van der Waals surface area (Å²) in [7, 11) is 0. The zero-order chi connectivity index (χ0) is 14.2. The molecule has 2 aromatic carbocycles. The summed E-state index contributed by atoms with van der Waals surface area (Å²) in [6.45, 7) is 0. The number of benzene rings is 2. The third-order valence-electron chi connectivity index (χ3n) is 3.98. The smallest absolute Gasteiger partial charge is 0.304 e. The number of hydrogen-bond donors (Lipinski definition) is 1. The van der Waals surface area contributed by atoms with Gasteiger partial charge in [0.05, 0.1) is 6.42 Å². The molecule has 1 N–H and O–H groups in total. The van der Waals surface area contributed by atoms with Gasteiger partial charge < -0.3 is 5.11 Å². The number of aliphatic carboxylic acids is 1. The predicted octanol–water partition coefficient (Wildman–Crippen LogP) is 3.03. The largest absolute Gasteiger partial charge is 0.481 e. The van der Waals surface area contributed by atoms with Crippen molar-refractivity contribution in [1.82, 2.24) is 0 Å². The van der Waals surface area contributed by atoms with E-state index in [0.29, 0.717) is 5.56 Å². The number of fused-ring (bicyclic) bond motifs is 1. The normalized spacial score (nSPS) is 20.7. The standard InChI is InChI=1S/C17H14O3/c18-15-10-17(11-16(19)20,12-6-2-1-3-7-12)14-9-5-4-8-13(14)15/h1-9H,10-11H2,(H,19,20)/t17-/m1/s1. The molecule has 0 aromatic heterocycles. The minimum atomic E-state index is -0.890. The van der Waals surface area contributed by atoms with Crippen LogP contribution >= 0.6 is 0 Å². The average molecular weight is 266 g/mol. The second-order valence-electron chi connectivity index (χ2n) is 5.16. The van der Waals surface area contributed by atoms with Crippen LogP contribution in [0.1, 0.15) is 34.3 Å². The summed E-state index contributed by atoms with van der Waals surface area (Å²) in [5, 5.41) is 9.30. The molecular formula is C17H14O3. The van der Waals surface area contributed by atoms with Gasteiger partial charge >= 0.3 is 5.97 Å². The highest BCUT2D eigenvalue weighted by molar-refractivity contribution is 6.03. The fraction of sp³-hybridized carbons (Fsp3) is 0.176. The lowest BCUT2D eigenvalue weighted by Gasteiger charge is -2.28. The highest BCUT2D eigenvalue weighted by Gasteiger charge is 2.45. The van der Waals surface area contributed by atoms with E-state index in [1.807, 2.05) is 48.5 Å². The number of carbonyl (C=O) groups excluding carboxylic acids is 1. The zero-order valence-electron chi connectivity index (χ0n) is 10.9. The summed E-state index contributed by atoms with van der Waals surface area (Å²) in [4.78, 5) is 23.6. The Morgan fingerprint density at radius 2 is 1.70 bits per heavy atom. The van der Waals surface area contributed by atoms with Crippen molar-refractivity contribution in [2.45, 2.75) is 18.3 Å². The van der Waals surface area contributed by atoms with Crippen LogP contribution in [0.25, 0.3) is 0 Å². The number of rotatable bonds is 3. The Labute approximate surface area is 116 Å². The molecule has 0 unspecified atom stereocenters. The van der Waals surface area contributed by atoms with Gasteiger partial charge in [-0.2, -0.15) is 0 Å². The highest BCUT2D eigenvalue weighted by atomic mass is 16.4. The maximum Gasteiger partial charge on any atom is 0.304 e. The van der Waals surface area contributed by atoms with Crippen molar-refractivity contribution in [2.24, 2.45) is 0 Å². The molecule has 0 spiro atoms. The topological polar surface area (TPSA) is 54.4 Å². The van der Waals surface area contributed by atoms with E-state index in [2.05, 4.69) is 0 Å². The van der Waals surface area contributed by atoms with Crippen molar-refractivity contribution < 1.29 is 14.7 Å². The van der Waals surface area contributed by atoms with Gasteiger partial charge in [-0.15, -0.1) is 0 Å². The Bertz CT molecular complexity index is 672. The third kappa shape index (κ3) is 1.83. The van der Waals surface area contributed by atoms with Gasteiger partial charge in [-0.25, -0.2) is 0 Å². The molecule has 0 radical (unpaired) electrons. The number of ketones is 1. The van der Waals surface area contributed by atoms with Gasteiger partial charge in [-0.05, 0) is 11.1 Å². The molecule has 0 fully saturated rings. The Morgan fingerprint density at radius 3 is 2.40 bits per heavy atom. The molecular weight excluding hydrogens is 252 g/mol. The first kappa shape index (κ1) is 12.6. The molecule has 0 saturated carbocycles. The van der Waals surface area contributed by atoms with Crippen molar-refractivity contribution in [1.29, 1.82) is 0 Å². The van der Waals surface area contributed by atoms with Gasteiger partial charge in [-0.3, -0.25) is 9.59 Å². The molecule has 1 aliphatic carbocycles. The van der Waals surface area contributed by atoms with Crippen LogP contribution in [0.15, 0.2) is 54.6 Å². The van der Waals surface area contributed by atoms with Crippen LogP contribution in [0.5, 0.6) is 0 Å². The number of carboxylic acid groups (broad SMARTS) is 1. The van der Waals surface area contributed by atoms with E-state index in [9.17, 15) is 14.7 Å². The lowest BCUT2D eigenvalue weighted by Crippen LogP contribution is -2.28. The molecule has 1 aliphatic rings. The van der Waals surface area contributed by atoms with Crippen LogP contribution in [0, 0.1) is 0 Å². The minimum Gasteiger partial charge on any atom is -0.481 e. The second-order valence-corrected chi connectivity index (χ2v) is 5.16. The number of hydrogen-bond acceptors (Lipinski definition) is 2. The van der Waals surface area contributed by atoms with Crippen molar-refractivity contribution in [3.05, 3.63) is 71.3 Å². The molecule has 3 nitrogen and oxygen atoms in total. The summed E-state index contributed by atoms with van der Waals surface area (Å²) in [5.41, 5.74) is 1.64. The van der Waals surface area contributed by atoms with Crippen LogP contribution in [0.3, 0.4) is 0 Å². The molecule has 0 heterocycles. The number of carbonyl (C=O) groups is 2. The van der Waals surface area contributed by atoms with Crippen molar-refractivity contribution in [3.8, 4) is 0 Å². The van der Waals surface area contributed by atoms with Crippen molar-refractivity contribution in [2.75, 3.05) is 0 Å². The Morgan fingerprint density at radius 1 is 1.05 bits per heavy atom. The number of carboxylic acids is 1. The average Bonchev–Trinajstić information content (AvgIpc) is 2.74. The van der Waals surface area contributed by atoms with Gasteiger partial charge in [0, 0.05) is 17.4 Å². The molecule has 20 heavy (non-hydrogen) atoms. The van der Waals surface area contributed by atoms with E-state index in [1.54, 1.807) is 6.07 Å². The molecule has 3 rings (SSSR count). The molecule has 0 aliphatic heterocycles. The van der Waals surface area contributed by atoms with Gasteiger partial charge in [-0.1, -0.05) is 54.6 Å². The van der Waals surface area contributed by atoms with Crippen LogP contribution in [-0.2, 0) is 10.2 Å². The van der Waals surface area contributed by atoms with E-state index in [-0.39, 0.29) is 18.6 Å². The lowest BCUT2D eigenvalue weighted by atomic mass is 9.73. The Balaban J connectivity index is 2.24. The second kappa shape index (κ2) is 4.60. The van der Waals surface area contributed by atoms with Crippen LogP contribution < -0.4 is 0 Å². The van der Waals surface area contributed by atoms with Gasteiger partial charge in [0.25, 0.3) is 0 Å². The highest BCUT2D eigenvalue weighted by Crippen LogP contribution is 2.46. The first-order valence-corrected chi connectivity index (χ1v) is 6.53. The first-order valence-electron chi connectivity index (χ1n) is 6.53. The van der Waals surface area contributed by atoms with Crippen molar-refractivity contribution in [3.63, 3.8) is 0 Å². The summed E-state index contributed by atoms with van der Waals surface area (Å²) < 4.78 is 0. The molecule has 3 heteroatoms. The minimum absolute atomic E-state index is 0.0192. The predicted molar refractivity (Wildman–Crippen MR) is 74.9 cm³/mol. The summed E-state index contributed by atoms with van der Waals surface area (Å²) in [6.07, 6.45) is 0.155. The van der Waals surface area contributed by atoms with Crippen LogP contribution in [0.4, 0.5) is 0 Å². The molecule has 0 saturated heterocycles. The quantitative estimate of drug-likeness (QED) is 0.929. The Hall–Kier alpha value is -2.42. The molecule has 0 bridgehead atoms. The summed E-state index contributed by atoms with van der Waals surface area (Å²) in [5.74, 6) is -0.871. The van der Waals surface area contributed by atoms with Crippen LogP contribution in [0.2, 0.25) is 0 Å². The maximum absolute atomic E-state index is 12.2. The first-order chi connectivity index (χ1) is 9.63. The van der Waals surface area contributed by atoms with Gasteiger partial charge in [0.1, 0.15) is 0 Å². The fourth-order valence-corrected chi connectivity index (χ4v) is 3.14. The summed E-state index contributed by atoms with van der Waals surface area (Å²) in [6, 6.07) is 16.8. The monoisotopic (exact) mass is 266 g/mol. The number of Topliss-reactive ketones (excluding diaryl/α,β-unsaturated/α-hetero) is 1. The zero-order valence-corrected chi connectivity index (χ0v) is 10.9. The maximum atomic E-state index is 12.2. The van der Waals surface area contributed by atoms with E-state index in [1.165, 1.54) is 0 Å². The Kier molecular flexibility index (Phi) is 2.90. The van der Waals surface area contributed by atoms with Crippen LogP contribution in [-0.4, -0.2) is 16.9 Å². The lowest BCUT2D eigenvalue weighted by molar-refractivity contribution is -0.138. The van der Waals surface area contributed by atoms with Crippen molar-refractivity contribution >= 4 is 11.8 Å². The molecule has 100 valence electrons. The van der Waals surface area contributed by atoms with E-state index >= 15 is 0 Å². The van der Waals surface area contributed by atoms with E-state index in [0.717, 1.165) is 11.1 Å². The van der Waals surface area contributed by atoms with Gasteiger partial charge in [0.15, 0.2) is 5.78 Å². The molecule has 0 amide bonds. The molecule has 2 aromatic rings. The summed E-state index contributed by atoms with van der Waals surface area (Å²) >= 11 is 0. The van der Waals surface area contributed by atoms with E-state index in [4.69, 9.17) is 0 Å².